The van der Waals surface area contributed by atoms with Gasteiger partial charge in [-0.15, -0.1) is 16.9 Å². The average Bonchev–Trinajstić information content (AvgIpc) is 2.95. The lowest BCUT2D eigenvalue weighted by atomic mass is 10.1. The SMILES string of the molecule is COC(=O)[C@@H]1CN(Cn2nc(-c3ccc(C)cc3)oc2=S)CCS1. The summed E-state index contributed by atoms with van der Waals surface area (Å²) in [7, 11) is 1.42. The second-order valence-electron chi connectivity index (χ2n) is 5.64. The van der Waals surface area contributed by atoms with Gasteiger partial charge < -0.3 is 9.15 Å². The first-order valence-electron chi connectivity index (χ1n) is 7.63. The zero-order valence-corrected chi connectivity index (χ0v) is 15.2. The first-order chi connectivity index (χ1) is 11.6. The van der Waals surface area contributed by atoms with Crippen molar-refractivity contribution in [2.24, 2.45) is 0 Å². The van der Waals surface area contributed by atoms with Crippen molar-refractivity contribution in [1.29, 1.82) is 0 Å². The minimum absolute atomic E-state index is 0.165. The highest BCUT2D eigenvalue weighted by atomic mass is 32.2. The molecule has 0 amide bonds. The van der Waals surface area contributed by atoms with Gasteiger partial charge >= 0.3 is 5.97 Å². The molecule has 1 atom stereocenters. The maximum atomic E-state index is 11.7. The van der Waals surface area contributed by atoms with E-state index >= 15 is 0 Å². The zero-order valence-electron chi connectivity index (χ0n) is 13.6. The van der Waals surface area contributed by atoms with Gasteiger partial charge in [0.25, 0.3) is 4.84 Å². The molecule has 2 heterocycles. The van der Waals surface area contributed by atoms with Gasteiger partial charge in [0.2, 0.25) is 5.89 Å². The molecular weight excluding hydrogens is 346 g/mol. The molecule has 0 radical (unpaired) electrons. The van der Waals surface area contributed by atoms with E-state index in [4.69, 9.17) is 21.4 Å². The molecule has 1 saturated heterocycles. The van der Waals surface area contributed by atoms with Crippen LogP contribution >= 0.6 is 24.0 Å². The number of aromatic nitrogens is 2. The van der Waals surface area contributed by atoms with Gasteiger partial charge in [0, 0.05) is 24.4 Å². The maximum absolute atomic E-state index is 11.7. The lowest BCUT2D eigenvalue weighted by Crippen LogP contribution is -2.42. The van der Waals surface area contributed by atoms with E-state index in [2.05, 4.69) is 10.00 Å². The van der Waals surface area contributed by atoms with E-state index in [1.54, 1.807) is 16.4 Å². The van der Waals surface area contributed by atoms with Crippen LogP contribution in [0.4, 0.5) is 0 Å². The summed E-state index contributed by atoms with van der Waals surface area (Å²) >= 11 is 6.90. The van der Waals surface area contributed by atoms with Gasteiger partial charge in [-0.05, 0) is 31.3 Å². The molecule has 1 aromatic carbocycles. The summed E-state index contributed by atoms with van der Waals surface area (Å²) in [5.41, 5.74) is 2.07. The molecule has 6 nitrogen and oxygen atoms in total. The minimum atomic E-state index is -0.186. The van der Waals surface area contributed by atoms with Gasteiger partial charge in [0.1, 0.15) is 5.25 Å². The molecule has 0 bridgehead atoms. The molecule has 0 saturated carbocycles. The van der Waals surface area contributed by atoms with E-state index in [1.165, 1.54) is 12.7 Å². The Labute approximate surface area is 149 Å². The minimum Gasteiger partial charge on any atom is -0.468 e. The third-order valence-corrected chi connectivity index (χ3v) is 5.31. The third kappa shape index (κ3) is 3.88. The Bertz CT molecular complexity index is 770. The molecule has 24 heavy (non-hydrogen) atoms. The molecule has 3 rings (SSSR count). The highest BCUT2D eigenvalue weighted by Gasteiger charge is 2.27. The molecule has 0 N–H and O–H groups in total. The van der Waals surface area contributed by atoms with Crippen molar-refractivity contribution in [3.63, 3.8) is 0 Å². The predicted molar refractivity (Wildman–Crippen MR) is 95.3 cm³/mol. The number of thioether (sulfide) groups is 1. The molecule has 0 aliphatic carbocycles. The quantitative estimate of drug-likeness (QED) is 0.610. The van der Waals surface area contributed by atoms with Crippen LogP contribution in [0.25, 0.3) is 11.5 Å². The molecule has 0 spiro atoms. The number of ether oxygens (including phenoxy) is 1. The molecule has 1 aromatic heterocycles. The Kier molecular flexibility index (Phi) is 5.37. The summed E-state index contributed by atoms with van der Waals surface area (Å²) < 4.78 is 12.1. The number of methoxy groups -OCH3 is 1. The van der Waals surface area contributed by atoms with E-state index < -0.39 is 0 Å². The number of esters is 1. The van der Waals surface area contributed by atoms with Crippen LogP contribution < -0.4 is 0 Å². The van der Waals surface area contributed by atoms with Crippen molar-refractivity contribution >= 4 is 29.9 Å². The fourth-order valence-corrected chi connectivity index (χ4v) is 3.88. The number of nitrogens with zero attached hydrogens (tertiary/aromatic N) is 3. The highest BCUT2D eigenvalue weighted by Crippen LogP contribution is 2.22. The van der Waals surface area contributed by atoms with Crippen molar-refractivity contribution in [1.82, 2.24) is 14.7 Å². The second-order valence-corrected chi connectivity index (χ2v) is 7.30. The van der Waals surface area contributed by atoms with Crippen LogP contribution in [0.2, 0.25) is 0 Å². The molecule has 0 unspecified atom stereocenters. The Balaban J connectivity index is 1.73. The monoisotopic (exact) mass is 365 g/mol. The lowest BCUT2D eigenvalue weighted by molar-refractivity contribution is -0.140. The van der Waals surface area contributed by atoms with E-state index in [-0.39, 0.29) is 11.2 Å². The standard InChI is InChI=1S/C16H19N3O3S2/c1-11-3-5-12(6-4-11)14-17-19(16(23)22-14)10-18-7-8-24-13(9-18)15(20)21-2/h3-6,13H,7-10H2,1-2H3/t13-/m0/s1. The van der Waals surface area contributed by atoms with Gasteiger partial charge in [0.15, 0.2) is 0 Å². The molecule has 128 valence electrons. The van der Waals surface area contributed by atoms with Crippen LogP contribution in [0.1, 0.15) is 5.56 Å². The van der Waals surface area contributed by atoms with Crippen molar-refractivity contribution in [2.45, 2.75) is 18.8 Å². The maximum Gasteiger partial charge on any atom is 0.320 e. The number of carbonyl (C=O) groups is 1. The summed E-state index contributed by atoms with van der Waals surface area (Å²) in [6, 6.07) is 7.95. The van der Waals surface area contributed by atoms with Gasteiger partial charge in [-0.1, -0.05) is 17.7 Å². The van der Waals surface area contributed by atoms with Crippen LogP contribution in [0.15, 0.2) is 28.7 Å². The van der Waals surface area contributed by atoms with Crippen LogP contribution in [0.3, 0.4) is 0 Å². The van der Waals surface area contributed by atoms with Gasteiger partial charge in [-0.3, -0.25) is 9.69 Å². The zero-order chi connectivity index (χ0) is 17.1. The Morgan fingerprint density at radius 3 is 2.92 bits per heavy atom. The van der Waals surface area contributed by atoms with E-state index in [0.29, 0.717) is 23.9 Å². The number of hydrogen-bond acceptors (Lipinski definition) is 7. The molecule has 1 aliphatic rings. The van der Waals surface area contributed by atoms with Crippen molar-refractivity contribution < 1.29 is 13.9 Å². The second kappa shape index (κ2) is 7.50. The van der Waals surface area contributed by atoms with Crippen molar-refractivity contribution in [3.8, 4) is 11.5 Å². The Morgan fingerprint density at radius 2 is 2.21 bits per heavy atom. The number of benzene rings is 1. The highest BCUT2D eigenvalue weighted by molar-refractivity contribution is 8.00. The first-order valence-corrected chi connectivity index (χ1v) is 9.09. The topological polar surface area (TPSA) is 60.5 Å². The Morgan fingerprint density at radius 1 is 1.46 bits per heavy atom. The molecule has 1 fully saturated rings. The largest absolute Gasteiger partial charge is 0.468 e. The van der Waals surface area contributed by atoms with Crippen LogP contribution in [0.5, 0.6) is 0 Å². The molecule has 8 heteroatoms. The van der Waals surface area contributed by atoms with Gasteiger partial charge in [0.05, 0.1) is 13.8 Å². The van der Waals surface area contributed by atoms with Gasteiger partial charge in [-0.25, -0.2) is 4.68 Å². The lowest BCUT2D eigenvalue weighted by Gasteiger charge is -2.30. The summed E-state index contributed by atoms with van der Waals surface area (Å²) in [6.07, 6.45) is 0. The van der Waals surface area contributed by atoms with Gasteiger partial charge in [-0.2, -0.15) is 0 Å². The smallest absolute Gasteiger partial charge is 0.320 e. The number of hydrogen-bond donors (Lipinski definition) is 0. The molecule has 2 aromatic rings. The Hall–Kier alpha value is -1.64. The molecular formula is C16H19N3O3S2. The van der Waals surface area contributed by atoms with Crippen molar-refractivity contribution in [3.05, 3.63) is 34.7 Å². The fourth-order valence-electron chi connectivity index (χ4n) is 2.50. The van der Waals surface area contributed by atoms with E-state index in [1.807, 2.05) is 31.2 Å². The normalized spacial score (nSPS) is 18.5. The summed E-state index contributed by atoms with van der Waals surface area (Å²) in [5, 5.41) is 4.31. The van der Waals surface area contributed by atoms with Crippen LogP contribution in [-0.4, -0.2) is 51.9 Å². The number of rotatable bonds is 4. The van der Waals surface area contributed by atoms with E-state index in [0.717, 1.165) is 17.9 Å². The number of aryl methyl sites for hydroxylation is 1. The summed E-state index contributed by atoms with van der Waals surface area (Å²) in [4.78, 5) is 14.2. The summed E-state index contributed by atoms with van der Waals surface area (Å²) in [5.74, 6) is 1.19. The predicted octanol–water partition coefficient (Wildman–Crippen LogP) is 2.73. The third-order valence-electron chi connectivity index (χ3n) is 3.85. The summed E-state index contributed by atoms with van der Waals surface area (Å²) in [6.45, 7) is 4.02. The average molecular weight is 365 g/mol. The van der Waals surface area contributed by atoms with Crippen LogP contribution in [0, 0.1) is 11.8 Å². The van der Waals surface area contributed by atoms with Crippen molar-refractivity contribution in [2.75, 3.05) is 26.0 Å². The fraction of sp³-hybridized carbons (Fsp3) is 0.438. The van der Waals surface area contributed by atoms with Crippen LogP contribution in [-0.2, 0) is 16.2 Å². The first kappa shape index (κ1) is 17.2. The molecule has 1 aliphatic heterocycles. The number of carbonyl (C=O) groups excluding carboxylic acids is 1. The van der Waals surface area contributed by atoms with E-state index in [9.17, 15) is 4.79 Å².